The number of nitrogens with one attached hydrogen (secondary N) is 3. The van der Waals surface area contributed by atoms with Crippen LogP contribution in [0.3, 0.4) is 0 Å². The molecule has 210 valence electrons. The Morgan fingerprint density at radius 1 is 0.947 bits per heavy atom. The van der Waals surface area contributed by atoms with Gasteiger partial charge in [0.05, 0.1) is 12.1 Å². The number of nitrogens with zero attached hydrogens (tertiary/aromatic N) is 2. The van der Waals surface area contributed by atoms with E-state index in [4.69, 9.17) is 5.73 Å². The number of aliphatic hydroxyl groups excluding tert-OH is 1. The number of aliphatic hydroxyl groups is 1. The van der Waals surface area contributed by atoms with Gasteiger partial charge in [0.2, 0.25) is 5.91 Å². The van der Waals surface area contributed by atoms with Crippen molar-refractivity contribution in [3.63, 3.8) is 0 Å². The van der Waals surface area contributed by atoms with Gasteiger partial charge in [-0.05, 0) is 36.9 Å². The van der Waals surface area contributed by atoms with Gasteiger partial charge < -0.3 is 21.1 Å². The van der Waals surface area contributed by atoms with Crippen molar-refractivity contribution in [3.05, 3.63) is 71.8 Å². The lowest BCUT2D eigenvalue weighted by atomic mass is 9.92. The Hall–Kier alpha value is -2.38. The summed E-state index contributed by atoms with van der Waals surface area (Å²) in [7, 11) is -2.02. The maximum absolute atomic E-state index is 13.4. The molecule has 0 aromatic heterocycles. The largest absolute Gasteiger partial charge is 0.389 e. The minimum atomic E-state index is -4.00. The topological polar surface area (TPSA) is 140 Å². The first-order valence-corrected chi connectivity index (χ1v) is 14.6. The number of carbonyl (C=O) groups is 1. The van der Waals surface area contributed by atoms with Crippen LogP contribution in [0.5, 0.6) is 0 Å². The van der Waals surface area contributed by atoms with E-state index in [1.165, 1.54) is 0 Å². The normalized spacial score (nSPS) is 18.6. The average Bonchev–Trinajstić information content (AvgIpc) is 2.88. The number of piperazine rings is 1. The van der Waals surface area contributed by atoms with Crippen molar-refractivity contribution in [1.82, 2.24) is 24.8 Å². The molecule has 6 N–H and O–H groups in total. The second-order valence-corrected chi connectivity index (χ2v) is 11.8. The fourth-order valence-electron chi connectivity index (χ4n) is 4.46. The molecule has 1 heterocycles. The summed E-state index contributed by atoms with van der Waals surface area (Å²) in [6, 6.07) is 16.7. The van der Waals surface area contributed by atoms with Crippen molar-refractivity contribution in [3.8, 4) is 0 Å². The van der Waals surface area contributed by atoms with Gasteiger partial charge in [-0.3, -0.25) is 4.79 Å². The molecule has 1 aliphatic heterocycles. The third-order valence-corrected chi connectivity index (χ3v) is 7.84. The van der Waals surface area contributed by atoms with Gasteiger partial charge in [0.1, 0.15) is 6.04 Å². The van der Waals surface area contributed by atoms with E-state index in [0.717, 1.165) is 24.2 Å². The molecule has 0 bridgehead atoms. The molecule has 1 saturated heterocycles. The van der Waals surface area contributed by atoms with Crippen molar-refractivity contribution in [2.24, 2.45) is 11.7 Å². The molecule has 0 aliphatic carbocycles. The van der Waals surface area contributed by atoms with Gasteiger partial charge in [-0.15, -0.1) is 4.83 Å². The zero-order chi connectivity index (χ0) is 27.7. The van der Waals surface area contributed by atoms with E-state index in [9.17, 15) is 18.3 Å². The first-order valence-electron chi connectivity index (χ1n) is 13.1. The second kappa shape index (κ2) is 14.1. The van der Waals surface area contributed by atoms with Crippen LogP contribution in [-0.2, 0) is 27.8 Å². The van der Waals surface area contributed by atoms with Crippen LogP contribution in [0.25, 0.3) is 0 Å². The average molecular weight is 547 g/mol. The number of likely N-dealkylation sites (N-methyl/N-ethyl adjacent to an activating group) is 1. The summed E-state index contributed by atoms with van der Waals surface area (Å²) in [4.78, 5) is 18.1. The quantitative estimate of drug-likeness (QED) is 0.243. The molecule has 0 spiro atoms. The van der Waals surface area contributed by atoms with Gasteiger partial charge in [-0.2, -0.15) is 13.1 Å². The summed E-state index contributed by atoms with van der Waals surface area (Å²) in [5.41, 5.74) is 8.30. The van der Waals surface area contributed by atoms with Gasteiger partial charge >= 0.3 is 0 Å². The van der Waals surface area contributed by atoms with Crippen LogP contribution in [0.15, 0.2) is 60.7 Å². The van der Waals surface area contributed by atoms with Crippen LogP contribution in [0.2, 0.25) is 0 Å². The summed E-state index contributed by atoms with van der Waals surface area (Å²) in [5, 5.41) is 15.8. The van der Waals surface area contributed by atoms with Crippen molar-refractivity contribution < 1.29 is 18.3 Å². The molecule has 38 heavy (non-hydrogen) atoms. The van der Waals surface area contributed by atoms with Crippen LogP contribution in [-0.4, -0.2) is 86.8 Å². The number of nitrogens with two attached hydrogens (primary N) is 1. The molecule has 11 heteroatoms. The minimum absolute atomic E-state index is 0.341. The summed E-state index contributed by atoms with van der Waals surface area (Å²) in [6.45, 7) is 6.10. The lowest BCUT2D eigenvalue weighted by molar-refractivity contribution is -0.125. The number of carbonyl (C=O) groups excluding carboxylic acids is 1. The second-order valence-electron chi connectivity index (χ2n) is 10.4. The monoisotopic (exact) mass is 546 g/mol. The standard InChI is InChI=1S/C27H42N6O4S/c1-20(2)25(30-38(36,37)31-33-16-14-32(3)15-17-33)27(35)29-24(19-22-12-8-5-9-13-22)26(34)23(28)18-21-10-6-4-7-11-21/h4-13,20,23-26,30-31,34H,14-19,28H2,1-3H3,(H,29,35)/t23?,24?,25-,26?/m0/s1. The first-order chi connectivity index (χ1) is 18.0. The highest BCUT2D eigenvalue weighted by atomic mass is 32.2. The number of hydrazine groups is 1. The lowest BCUT2D eigenvalue weighted by Crippen LogP contribution is -2.61. The van der Waals surface area contributed by atoms with E-state index in [1.54, 1.807) is 18.9 Å². The van der Waals surface area contributed by atoms with Crippen molar-refractivity contribution >= 4 is 16.1 Å². The molecule has 1 amide bonds. The molecule has 0 radical (unpaired) electrons. The van der Waals surface area contributed by atoms with Gasteiger partial charge in [0.25, 0.3) is 10.2 Å². The molecular weight excluding hydrogens is 504 g/mol. The Morgan fingerprint density at radius 3 is 2.00 bits per heavy atom. The van der Waals surface area contributed by atoms with Crippen molar-refractivity contribution in [1.29, 1.82) is 0 Å². The molecule has 1 fully saturated rings. The summed E-state index contributed by atoms with van der Waals surface area (Å²) < 4.78 is 28.3. The van der Waals surface area contributed by atoms with E-state index in [2.05, 4.69) is 19.8 Å². The molecule has 10 nitrogen and oxygen atoms in total. The van der Waals surface area contributed by atoms with Crippen LogP contribution < -0.4 is 20.6 Å². The Kier molecular flexibility index (Phi) is 11.2. The smallest absolute Gasteiger partial charge is 0.290 e. The fraction of sp³-hybridized carbons (Fsp3) is 0.519. The van der Waals surface area contributed by atoms with E-state index in [1.807, 2.05) is 67.7 Å². The summed E-state index contributed by atoms with van der Waals surface area (Å²) in [6.07, 6.45) is -0.293. The van der Waals surface area contributed by atoms with Gasteiger partial charge in [0.15, 0.2) is 0 Å². The SMILES string of the molecule is CC(C)[C@H](NS(=O)(=O)NN1CCN(C)CC1)C(=O)NC(Cc1ccccc1)C(O)C(N)Cc1ccccc1. The highest BCUT2D eigenvalue weighted by Crippen LogP contribution is 2.13. The summed E-state index contributed by atoms with van der Waals surface area (Å²) in [5.74, 6) is -0.859. The molecule has 4 atom stereocenters. The summed E-state index contributed by atoms with van der Waals surface area (Å²) >= 11 is 0. The highest BCUT2D eigenvalue weighted by molar-refractivity contribution is 7.87. The molecule has 0 saturated carbocycles. The van der Waals surface area contributed by atoms with Crippen LogP contribution in [0, 0.1) is 5.92 Å². The Labute approximate surface area is 226 Å². The van der Waals surface area contributed by atoms with E-state index >= 15 is 0 Å². The number of rotatable bonds is 13. The van der Waals surface area contributed by atoms with E-state index in [0.29, 0.717) is 25.9 Å². The van der Waals surface area contributed by atoms with Crippen LogP contribution in [0.1, 0.15) is 25.0 Å². The molecule has 3 unspecified atom stereocenters. The Morgan fingerprint density at radius 2 is 1.47 bits per heavy atom. The number of benzene rings is 2. The predicted molar refractivity (Wildman–Crippen MR) is 149 cm³/mol. The van der Waals surface area contributed by atoms with Gasteiger partial charge in [0, 0.05) is 32.2 Å². The highest BCUT2D eigenvalue weighted by Gasteiger charge is 2.33. The molecule has 1 aliphatic rings. The minimum Gasteiger partial charge on any atom is -0.389 e. The van der Waals surface area contributed by atoms with Crippen molar-refractivity contribution in [2.75, 3.05) is 33.2 Å². The van der Waals surface area contributed by atoms with Crippen molar-refractivity contribution in [2.45, 2.75) is 50.9 Å². The number of hydrogen-bond acceptors (Lipinski definition) is 7. The third kappa shape index (κ3) is 9.42. The lowest BCUT2D eigenvalue weighted by Gasteiger charge is -2.33. The zero-order valence-corrected chi connectivity index (χ0v) is 23.3. The first kappa shape index (κ1) is 30.2. The maximum atomic E-state index is 13.4. The zero-order valence-electron chi connectivity index (χ0n) is 22.5. The molecule has 2 aromatic carbocycles. The van der Waals surface area contributed by atoms with Gasteiger partial charge in [-0.25, -0.2) is 5.01 Å². The molecular formula is C27H42N6O4S. The van der Waals surface area contributed by atoms with E-state index < -0.39 is 40.3 Å². The Bertz CT molecular complexity index is 1100. The predicted octanol–water partition coefficient (Wildman–Crippen LogP) is 0.256. The molecule has 2 aromatic rings. The fourth-order valence-corrected chi connectivity index (χ4v) is 5.75. The number of amides is 1. The van der Waals surface area contributed by atoms with Crippen LogP contribution in [0.4, 0.5) is 0 Å². The molecule has 3 rings (SSSR count). The number of hydrogen-bond donors (Lipinski definition) is 5. The van der Waals surface area contributed by atoms with E-state index in [-0.39, 0.29) is 5.92 Å². The third-order valence-electron chi connectivity index (χ3n) is 6.78. The van der Waals surface area contributed by atoms with Crippen LogP contribution >= 0.6 is 0 Å². The maximum Gasteiger partial charge on any atom is 0.290 e. The van der Waals surface area contributed by atoms with Gasteiger partial charge in [-0.1, -0.05) is 74.5 Å². The Balaban J connectivity index is 1.72.